The van der Waals surface area contributed by atoms with Crippen molar-refractivity contribution in [2.45, 2.75) is 7.43 Å². The highest BCUT2D eigenvalue weighted by Crippen LogP contribution is 2.61. The van der Waals surface area contributed by atoms with Crippen LogP contribution in [0.3, 0.4) is 0 Å². The molecule has 53 heteroatoms. The molecule has 0 atom stereocenters. The molecule has 11 rings (SSSR count). The number of aromatic amines is 5. The summed E-state index contributed by atoms with van der Waals surface area (Å²) >= 11 is 55.8. The maximum absolute atomic E-state index is 11.0. The molecule has 16 N–H and O–H groups in total. The second-order valence-corrected chi connectivity index (χ2v) is 33.9. The van der Waals surface area contributed by atoms with Crippen molar-refractivity contribution >= 4 is 248 Å². The average Bonchev–Trinajstić information content (AvgIpc) is 1.73. The minimum absolute atomic E-state index is 0. The van der Waals surface area contributed by atoms with E-state index in [0.29, 0.717) is 32.4 Å². The summed E-state index contributed by atoms with van der Waals surface area (Å²) in [5.41, 5.74) is 12.8. The summed E-state index contributed by atoms with van der Waals surface area (Å²) in [6.45, 7) is 5.29. The summed E-state index contributed by atoms with van der Waals surface area (Å²) in [6, 6.07) is 0. The molecular weight excluding hydrogens is 1590 g/mol. The van der Waals surface area contributed by atoms with E-state index in [4.69, 9.17) is 86.6 Å². The first-order valence-electron chi connectivity index (χ1n) is 23.2. The number of hydrazone groups is 1. The van der Waals surface area contributed by atoms with Crippen molar-refractivity contribution in [1.29, 1.82) is 0 Å². The van der Waals surface area contributed by atoms with E-state index < -0.39 is 21.9 Å². The Hall–Kier alpha value is -6.31. The fourth-order valence-corrected chi connectivity index (χ4v) is 16.3. The van der Waals surface area contributed by atoms with E-state index in [1.54, 1.807) is 102 Å². The van der Waals surface area contributed by atoms with Gasteiger partial charge in [0.1, 0.15) is 32.2 Å². The van der Waals surface area contributed by atoms with Gasteiger partial charge in [0, 0.05) is 63.1 Å². The highest BCUT2D eigenvalue weighted by atomic mass is 36.0. The van der Waals surface area contributed by atoms with Gasteiger partial charge >= 0.3 is 5.20 Å². The Labute approximate surface area is 602 Å². The van der Waals surface area contributed by atoms with E-state index in [1.165, 1.54) is 57.8 Å². The number of aromatic nitrogens is 22. The predicted molar refractivity (Wildman–Crippen MR) is 398 cm³/mol. The molecule has 0 bridgehead atoms. The van der Waals surface area contributed by atoms with Crippen molar-refractivity contribution < 1.29 is 14.8 Å². The topological polar surface area (TPSA) is 532 Å². The van der Waals surface area contributed by atoms with Crippen LogP contribution in [0, 0.1) is 4.64 Å². The molecule has 0 saturated carbocycles. The van der Waals surface area contributed by atoms with Crippen LogP contribution in [0.2, 0.25) is 25.2 Å². The molecule has 0 aliphatic rings. The van der Waals surface area contributed by atoms with Gasteiger partial charge in [0.15, 0.2) is 11.0 Å². The Morgan fingerprint density at radius 2 is 0.989 bits per heavy atom. The summed E-state index contributed by atoms with van der Waals surface area (Å²) in [4.78, 5) is 51.3. The highest BCUT2D eigenvalue weighted by Gasteiger charge is 2.09. The third-order valence-electron chi connectivity index (χ3n) is 9.68. The summed E-state index contributed by atoms with van der Waals surface area (Å²) in [5.74, 6) is 5.77. The molecule has 36 nitrogen and oxygen atoms in total. The van der Waals surface area contributed by atoms with Crippen LogP contribution in [0.1, 0.15) is 7.43 Å². The Morgan fingerprint density at radius 1 is 0.611 bits per heavy atom. The largest absolute Gasteiger partial charge is 0.412 e. The van der Waals surface area contributed by atoms with Gasteiger partial charge in [-0.1, -0.05) is 77.6 Å². The van der Waals surface area contributed by atoms with Crippen molar-refractivity contribution in [3.63, 3.8) is 0 Å². The lowest BCUT2D eigenvalue weighted by Crippen LogP contribution is -2.27. The molecule has 0 spiro atoms. The van der Waals surface area contributed by atoms with Crippen LogP contribution in [-0.2, 0) is 87.8 Å². The normalized spacial score (nSPS) is 9.53. The number of nitrogen functional groups attached to an aromatic ring is 1. The van der Waals surface area contributed by atoms with Gasteiger partial charge in [-0.15, -0.1) is 10.2 Å². The lowest BCUT2D eigenvalue weighted by molar-refractivity contribution is -0.0980. The number of hydrogen-bond acceptors (Lipinski definition) is 29. The monoisotopic (exact) mass is 1640 g/mol. The number of anilines is 3. The number of aryl methyl sites for hydroxylation is 4. The van der Waals surface area contributed by atoms with Crippen LogP contribution in [0.4, 0.5) is 17.2 Å². The van der Waals surface area contributed by atoms with Crippen LogP contribution in [0.5, 0.6) is 0 Å². The molecule has 0 aromatic carbocycles. The summed E-state index contributed by atoms with van der Waals surface area (Å²) in [5, 5.41) is 67.0. The summed E-state index contributed by atoms with van der Waals surface area (Å²) < 4.78 is 16.9. The average molecular weight is 1650 g/mol. The zero-order valence-corrected chi connectivity index (χ0v) is 62.5. The number of carbonyl (C=O) groups excluding carboxylic acids is 1. The quantitative estimate of drug-likeness (QED) is 0.0287. The van der Waals surface area contributed by atoms with Gasteiger partial charge in [0.2, 0.25) is 0 Å². The zero-order valence-electron chi connectivity index (χ0n) is 48.9. The molecular formula is C42H56Cl8N29O7P3S6. The first-order chi connectivity index (χ1) is 43.6. The van der Waals surface area contributed by atoms with Crippen molar-refractivity contribution in [2.24, 2.45) is 44.9 Å². The molecule has 518 valence electrons. The van der Waals surface area contributed by atoms with Crippen molar-refractivity contribution in [2.75, 3.05) is 36.9 Å². The Morgan fingerprint density at radius 3 is 1.40 bits per heavy atom. The Bertz CT molecular complexity index is 4520. The first-order valence-corrected chi connectivity index (χ1v) is 38.4. The molecule has 95 heavy (non-hydrogen) atoms. The van der Waals surface area contributed by atoms with Crippen LogP contribution in [0.15, 0.2) is 92.4 Å². The van der Waals surface area contributed by atoms with E-state index in [-0.39, 0.29) is 44.7 Å². The SMILES string of the molecule is C.C=NN(C)c1cn[nH]c(=O)c1Cl.C=O.CN.CN(N)c1cn[nH]c(=O)c1Cl.Cn1ncc2c(=O)[nH]ncc21.Cn1ncc2c(=S)[nH]ncc21.Cn1ncc2c(Cl)nncc21.Cn1ncc2c(N)nncc21.N.O.O=P(Cl)(Cl)Cl.O=c1[nH]ncc(Cl)c1Cl.S=PP=S=S=S=S. The molecule has 0 aliphatic carbocycles. The maximum atomic E-state index is 11.0. The Balaban J connectivity index is -0.000000999. The molecule has 0 radical (unpaired) electrons. The van der Waals surface area contributed by atoms with Crippen LogP contribution in [0.25, 0.3) is 43.6 Å². The third kappa shape index (κ3) is 32.1. The number of hydrogen-bond donors (Lipinski definition) is 9. The van der Waals surface area contributed by atoms with E-state index in [1.807, 2.05) is 27.9 Å². The fourth-order valence-electron chi connectivity index (χ4n) is 5.62. The highest BCUT2D eigenvalue weighted by molar-refractivity contribution is 8.63. The second-order valence-electron chi connectivity index (χ2n) is 15.2. The van der Waals surface area contributed by atoms with E-state index in [0.717, 1.165) is 45.3 Å². The molecule has 0 aliphatic heterocycles. The molecule has 0 fully saturated rings. The van der Waals surface area contributed by atoms with Gasteiger partial charge in [-0.2, -0.15) is 61.2 Å². The second kappa shape index (κ2) is 49.2. The lowest BCUT2D eigenvalue weighted by atomic mass is 10.3. The van der Waals surface area contributed by atoms with E-state index in [2.05, 4.69) is 166 Å². The number of H-pyrrole nitrogens is 5. The number of carbonyl (C=O) groups is 1. The molecule has 11 heterocycles. The molecule has 0 unspecified atom stereocenters. The smallest absolute Gasteiger partial charge is 0.339 e. The number of rotatable bonds is 4. The van der Waals surface area contributed by atoms with Gasteiger partial charge in [-0.3, -0.25) is 52.6 Å². The van der Waals surface area contributed by atoms with Crippen molar-refractivity contribution in [3.05, 3.63) is 139 Å². The minimum atomic E-state index is -3.22. The van der Waals surface area contributed by atoms with Gasteiger partial charge in [0.05, 0.1) is 122 Å². The van der Waals surface area contributed by atoms with Crippen molar-refractivity contribution in [1.82, 2.24) is 117 Å². The molecule has 11 aromatic rings. The lowest BCUT2D eigenvalue weighted by Gasteiger charge is -2.11. The number of hydrazine groups is 1. The van der Waals surface area contributed by atoms with Crippen LogP contribution in [-0.4, -0.2) is 151 Å². The van der Waals surface area contributed by atoms with E-state index >= 15 is 0 Å². The number of nitrogens with zero attached hydrogens (tertiary/aromatic N) is 20. The third-order valence-corrected chi connectivity index (χ3v) is 21.7. The standard InChI is InChI=1S/C6H7ClN4O.C6H5ClN4.C6H7N5.C6H6N4O.C6H6N4S.C5H7ClN4O.C4H2Cl2N2O.CH5N.CH2O.CH4.Cl3OP.H3N.H2O.P2S5/c1-8-11(2)4-3-9-10-6(12)5(4)7;2*1-11-5-3-8-10-6(7)4(5)2-9-11;2*1-10-5-3-7-9-6(11)4(5)2-8-10;1-10(7)3-2-8-9-5(11)4(3)6;5-2-1-7-8-4(9)3(2)6;2*1-2;;1-5(2,3)4;;;3-1-2-5-7-6-4/h3H,1H2,2H3,(H,10,12);2-3H,1H3;2-3H,1H3,(H2,7,10);2*2-3H,1H3,(H,9,11);2H,7H2,1H3,(H,9,11);1H,(H,8,9);2H2,1H3;1H2;1H4;;1H3;1H2;. The zero-order chi connectivity index (χ0) is 69.8. The first kappa shape index (κ1) is 92.9. The summed E-state index contributed by atoms with van der Waals surface area (Å²) in [6.07, 6.45) is 17.2. The van der Waals surface area contributed by atoms with Gasteiger partial charge < -0.3 is 32.9 Å². The fraction of sp³-hybridized carbons (Fsp3) is 0.190. The van der Waals surface area contributed by atoms with Gasteiger partial charge in [-0.25, -0.2) is 26.2 Å². The van der Waals surface area contributed by atoms with Crippen LogP contribution >= 0.6 is 123 Å². The number of fused-ring (bicyclic) bond motifs is 4. The minimum Gasteiger partial charge on any atom is -0.412 e. The number of nitrogens with one attached hydrogen (secondary N) is 5. The Kier molecular flexibility index (Phi) is 48.1. The summed E-state index contributed by atoms with van der Waals surface area (Å²) in [7, 11) is 18.8. The molecule has 0 saturated heterocycles. The van der Waals surface area contributed by atoms with Gasteiger partial charge in [0.25, 0.3) is 22.2 Å². The number of halogens is 8. The molecule has 11 aromatic heterocycles. The van der Waals surface area contributed by atoms with E-state index in [9.17, 15) is 23.7 Å². The van der Waals surface area contributed by atoms with Crippen molar-refractivity contribution in [3.8, 4) is 0 Å². The number of nitrogens with two attached hydrogens (primary N) is 3. The predicted octanol–water partition coefficient (Wildman–Crippen LogP) is 6.81. The van der Waals surface area contributed by atoms with Crippen LogP contribution < -0.4 is 55.7 Å². The molecule has 0 amide bonds. The maximum Gasteiger partial charge on any atom is 0.339 e. The van der Waals surface area contributed by atoms with Gasteiger partial charge in [-0.05, 0) is 91.0 Å².